The first-order valence-corrected chi connectivity index (χ1v) is 4.18. The third-order valence-electron chi connectivity index (χ3n) is 3.30. The second-order valence-electron chi connectivity index (χ2n) is 3.96. The largest absolute Gasteiger partial charge is 0.316 e. The SMILES string of the molecule is [C-]#[N+]CC12CCC(CC1)C2. The van der Waals surface area contributed by atoms with Gasteiger partial charge >= 0.3 is 0 Å². The molecule has 2 bridgehead atoms. The van der Waals surface area contributed by atoms with Gasteiger partial charge in [-0.05, 0) is 38.0 Å². The summed E-state index contributed by atoms with van der Waals surface area (Å²) in [6.07, 6.45) is 6.89. The minimum Gasteiger partial charge on any atom is -0.316 e. The van der Waals surface area contributed by atoms with Crippen LogP contribution in [0.1, 0.15) is 32.1 Å². The van der Waals surface area contributed by atoms with Crippen LogP contribution in [0.4, 0.5) is 0 Å². The van der Waals surface area contributed by atoms with E-state index in [0.717, 1.165) is 12.5 Å². The lowest BCUT2D eigenvalue weighted by Crippen LogP contribution is -2.16. The van der Waals surface area contributed by atoms with Gasteiger partial charge in [0.2, 0.25) is 6.54 Å². The van der Waals surface area contributed by atoms with Gasteiger partial charge in [-0.2, -0.15) is 0 Å². The van der Waals surface area contributed by atoms with Crippen LogP contribution >= 0.6 is 0 Å². The molecule has 54 valence electrons. The zero-order chi connectivity index (χ0) is 7.03. The minimum absolute atomic E-state index is 0.506. The number of rotatable bonds is 1. The van der Waals surface area contributed by atoms with Crippen molar-refractivity contribution >= 4 is 0 Å². The Kier molecular flexibility index (Phi) is 1.23. The van der Waals surface area contributed by atoms with Crippen molar-refractivity contribution in [2.75, 3.05) is 6.54 Å². The van der Waals surface area contributed by atoms with Crippen molar-refractivity contribution in [3.63, 3.8) is 0 Å². The summed E-state index contributed by atoms with van der Waals surface area (Å²) in [6.45, 7) is 7.65. The Hall–Kier alpha value is -0.510. The normalized spacial score (nSPS) is 43.7. The highest BCUT2D eigenvalue weighted by Gasteiger charge is 2.46. The first-order chi connectivity index (χ1) is 4.85. The Labute approximate surface area is 62.2 Å². The molecule has 0 heterocycles. The predicted molar refractivity (Wildman–Crippen MR) is 40.5 cm³/mol. The summed E-state index contributed by atoms with van der Waals surface area (Å²) in [5, 5.41) is 0. The van der Waals surface area contributed by atoms with E-state index in [1.54, 1.807) is 0 Å². The third kappa shape index (κ3) is 0.751. The quantitative estimate of drug-likeness (QED) is 0.486. The van der Waals surface area contributed by atoms with Gasteiger partial charge in [-0.1, -0.05) is 0 Å². The molecular weight excluding hydrogens is 122 g/mol. The lowest BCUT2D eigenvalue weighted by molar-refractivity contribution is 0.324. The molecule has 2 aliphatic carbocycles. The molecule has 2 rings (SSSR count). The van der Waals surface area contributed by atoms with Crippen molar-refractivity contribution in [3.8, 4) is 0 Å². The van der Waals surface area contributed by atoms with Crippen LogP contribution < -0.4 is 0 Å². The van der Waals surface area contributed by atoms with Gasteiger partial charge in [-0.25, -0.2) is 6.57 Å². The van der Waals surface area contributed by atoms with Gasteiger partial charge in [0.05, 0.1) is 0 Å². The molecule has 0 aromatic carbocycles. The molecule has 0 aromatic heterocycles. The molecule has 0 aliphatic heterocycles. The summed E-state index contributed by atoms with van der Waals surface area (Å²) in [6, 6.07) is 0. The molecule has 0 radical (unpaired) electrons. The molecule has 1 nitrogen and oxygen atoms in total. The van der Waals surface area contributed by atoms with Crippen molar-refractivity contribution in [2.24, 2.45) is 11.3 Å². The second-order valence-corrected chi connectivity index (χ2v) is 3.96. The van der Waals surface area contributed by atoms with E-state index in [2.05, 4.69) is 4.85 Å². The van der Waals surface area contributed by atoms with Gasteiger partial charge in [-0.3, -0.25) is 0 Å². The maximum absolute atomic E-state index is 6.84. The van der Waals surface area contributed by atoms with E-state index in [9.17, 15) is 0 Å². The lowest BCUT2D eigenvalue weighted by Gasteiger charge is -2.18. The number of fused-ring (bicyclic) bond motifs is 2. The Morgan fingerprint density at radius 3 is 2.50 bits per heavy atom. The average Bonchev–Trinajstić information content (AvgIpc) is 2.46. The van der Waals surface area contributed by atoms with Crippen LogP contribution in [0.15, 0.2) is 0 Å². The van der Waals surface area contributed by atoms with Crippen molar-refractivity contribution in [3.05, 3.63) is 11.4 Å². The van der Waals surface area contributed by atoms with E-state index in [1.165, 1.54) is 32.1 Å². The molecule has 2 fully saturated rings. The molecule has 2 aliphatic rings. The monoisotopic (exact) mass is 135 g/mol. The Bertz CT molecular complexity index is 170. The van der Waals surface area contributed by atoms with Gasteiger partial charge in [0.1, 0.15) is 0 Å². The molecule has 0 spiro atoms. The molecule has 2 saturated carbocycles. The minimum atomic E-state index is 0.506. The molecule has 0 saturated heterocycles. The second kappa shape index (κ2) is 1.99. The van der Waals surface area contributed by atoms with E-state index in [0.29, 0.717) is 5.41 Å². The van der Waals surface area contributed by atoms with E-state index in [4.69, 9.17) is 6.57 Å². The van der Waals surface area contributed by atoms with Crippen LogP contribution in [0.3, 0.4) is 0 Å². The molecule has 0 amide bonds. The highest BCUT2D eigenvalue weighted by Crippen LogP contribution is 2.54. The number of hydrogen-bond donors (Lipinski definition) is 0. The maximum atomic E-state index is 6.84. The molecule has 0 N–H and O–H groups in total. The van der Waals surface area contributed by atoms with E-state index in [1.807, 2.05) is 0 Å². The number of hydrogen-bond acceptors (Lipinski definition) is 0. The van der Waals surface area contributed by atoms with Gasteiger partial charge in [0, 0.05) is 5.41 Å². The summed E-state index contributed by atoms with van der Waals surface area (Å²) >= 11 is 0. The summed E-state index contributed by atoms with van der Waals surface area (Å²) in [4.78, 5) is 3.54. The standard InChI is InChI=1S/C9H13N/c1-10-7-9-4-2-8(6-9)3-5-9/h8H,2-7H2. The average molecular weight is 135 g/mol. The Morgan fingerprint density at radius 2 is 2.10 bits per heavy atom. The van der Waals surface area contributed by atoms with Crippen molar-refractivity contribution in [1.82, 2.24) is 0 Å². The molecular formula is C9H13N. The van der Waals surface area contributed by atoms with Crippen LogP contribution in [0, 0.1) is 17.9 Å². The van der Waals surface area contributed by atoms with Crippen molar-refractivity contribution in [2.45, 2.75) is 32.1 Å². The van der Waals surface area contributed by atoms with E-state index < -0.39 is 0 Å². The van der Waals surface area contributed by atoms with Crippen LogP contribution in [-0.2, 0) is 0 Å². The number of nitrogens with zero attached hydrogens (tertiary/aromatic N) is 1. The Morgan fingerprint density at radius 1 is 1.40 bits per heavy atom. The lowest BCUT2D eigenvalue weighted by atomic mass is 9.85. The topological polar surface area (TPSA) is 4.36 Å². The van der Waals surface area contributed by atoms with Crippen LogP contribution in [-0.4, -0.2) is 6.54 Å². The van der Waals surface area contributed by atoms with Crippen LogP contribution in [0.2, 0.25) is 0 Å². The fourth-order valence-electron chi connectivity index (χ4n) is 2.70. The smallest absolute Gasteiger partial charge is 0.220 e. The zero-order valence-electron chi connectivity index (χ0n) is 6.27. The third-order valence-corrected chi connectivity index (χ3v) is 3.30. The molecule has 0 aromatic rings. The van der Waals surface area contributed by atoms with Crippen LogP contribution in [0.25, 0.3) is 4.85 Å². The fraction of sp³-hybridized carbons (Fsp3) is 0.889. The van der Waals surface area contributed by atoms with Crippen molar-refractivity contribution < 1.29 is 0 Å². The van der Waals surface area contributed by atoms with Gasteiger partial charge in [0.15, 0.2) is 0 Å². The first-order valence-electron chi connectivity index (χ1n) is 4.18. The van der Waals surface area contributed by atoms with Crippen molar-refractivity contribution in [1.29, 1.82) is 0 Å². The highest BCUT2D eigenvalue weighted by atomic mass is 14.7. The van der Waals surface area contributed by atoms with Gasteiger partial charge in [-0.15, -0.1) is 0 Å². The van der Waals surface area contributed by atoms with E-state index >= 15 is 0 Å². The summed E-state index contributed by atoms with van der Waals surface area (Å²) in [5.74, 6) is 1.00. The Balaban J connectivity index is 2.10. The van der Waals surface area contributed by atoms with Gasteiger partial charge < -0.3 is 4.85 Å². The first kappa shape index (κ1) is 6.22. The molecule has 1 heteroatoms. The maximum Gasteiger partial charge on any atom is 0.220 e. The van der Waals surface area contributed by atoms with Gasteiger partial charge in [0.25, 0.3) is 0 Å². The summed E-state index contributed by atoms with van der Waals surface area (Å²) < 4.78 is 0. The molecule has 0 atom stereocenters. The van der Waals surface area contributed by atoms with E-state index in [-0.39, 0.29) is 0 Å². The molecule has 0 unspecified atom stereocenters. The zero-order valence-corrected chi connectivity index (χ0v) is 6.27. The molecule has 10 heavy (non-hydrogen) atoms. The van der Waals surface area contributed by atoms with Crippen LogP contribution in [0.5, 0.6) is 0 Å². The summed E-state index contributed by atoms with van der Waals surface area (Å²) in [7, 11) is 0. The highest BCUT2D eigenvalue weighted by molar-refractivity contribution is 4.99. The predicted octanol–water partition coefficient (Wildman–Crippen LogP) is 2.49. The fourth-order valence-corrected chi connectivity index (χ4v) is 2.70. The summed E-state index contributed by atoms with van der Waals surface area (Å²) in [5.41, 5.74) is 0.506.